The van der Waals surface area contributed by atoms with E-state index in [0.29, 0.717) is 25.1 Å². The number of amides is 1. The Hall–Kier alpha value is -1.88. The smallest absolute Gasteiger partial charge is 0.335 e. The van der Waals surface area contributed by atoms with E-state index in [1.54, 1.807) is 6.07 Å². The molecule has 0 radical (unpaired) electrons. The Morgan fingerprint density at radius 1 is 1.41 bits per heavy atom. The highest BCUT2D eigenvalue weighted by Gasteiger charge is 2.27. The first-order chi connectivity index (χ1) is 8.13. The lowest BCUT2D eigenvalue weighted by Crippen LogP contribution is -2.28. The molecule has 0 spiro atoms. The molecular formula is C12H13NO4. The quantitative estimate of drug-likeness (QED) is 0.803. The van der Waals surface area contributed by atoms with Gasteiger partial charge in [0.2, 0.25) is 5.91 Å². The number of aromatic carboxylic acids is 1. The highest BCUT2D eigenvalue weighted by Crippen LogP contribution is 2.29. The number of aliphatic hydroxyl groups is 1. The Kier molecular flexibility index (Phi) is 3.10. The summed E-state index contributed by atoms with van der Waals surface area (Å²) in [7, 11) is 0. The second-order valence-electron chi connectivity index (χ2n) is 3.95. The Morgan fingerprint density at radius 3 is 2.82 bits per heavy atom. The minimum atomic E-state index is -1.01. The van der Waals surface area contributed by atoms with Crippen molar-refractivity contribution in [1.82, 2.24) is 0 Å². The Bertz CT molecular complexity index is 470. The maximum atomic E-state index is 11.7. The number of hydrogen-bond acceptors (Lipinski definition) is 3. The molecule has 5 nitrogen and oxygen atoms in total. The van der Waals surface area contributed by atoms with E-state index < -0.39 is 5.97 Å². The molecule has 1 aliphatic heterocycles. The van der Waals surface area contributed by atoms with E-state index in [1.165, 1.54) is 17.0 Å². The zero-order valence-corrected chi connectivity index (χ0v) is 9.22. The lowest BCUT2D eigenvalue weighted by molar-refractivity contribution is -0.117. The SMILES string of the molecule is O=C(O)c1ccc2c(c1)N(CCCO)C(=O)C2. The van der Waals surface area contributed by atoms with Crippen LogP contribution in [0, 0.1) is 0 Å². The zero-order valence-electron chi connectivity index (χ0n) is 9.22. The number of carboxylic acids is 1. The third-order valence-corrected chi connectivity index (χ3v) is 2.81. The van der Waals surface area contributed by atoms with Crippen molar-refractivity contribution >= 4 is 17.6 Å². The number of rotatable bonds is 4. The van der Waals surface area contributed by atoms with Crippen molar-refractivity contribution in [2.45, 2.75) is 12.8 Å². The van der Waals surface area contributed by atoms with Crippen molar-refractivity contribution in [3.05, 3.63) is 29.3 Å². The maximum absolute atomic E-state index is 11.7. The summed E-state index contributed by atoms with van der Waals surface area (Å²) in [6, 6.07) is 4.69. The van der Waals surface area contributed by atoms with Crippen molar-refractivity contribution in [2.75, 3.05) is 18.1 Å². The number of nitrogens with zero attached hydrogens (tertiary/aromatic N) is 1. The fourth-order valence-electron chi connectivity index (χ4n) is 1.96. The van der Waals surface area contributed by atoms with Gasteiger partial charge in [-0.05, 0) is 24.1 Å². The van der Waals surface area contributed by atoms with E-state index in [0.717, 1.165) is 5.56 Å². The first kappa shape index (κ1) is 11.6. The summed E-state index contributed by atoms with van der Waals surface area (Å²) < 4.78 is 0. The van der Waals surface area contributed by atoms with Gasteiger partial charge in [0.15, 0.2) is 0 Å². The lowest BCUT2D eigenvalue weighted by atomic mass is 10.1. The molecule has 1 heterocycles. The fraction of sp³-hybridized carbons (Fsp3) is 0.333. The molecule has 1 aromatic carbocycles. The predicted molar refractivity (Wildman–Crippen MR) is 61.2 cm³/mol. The van der Waals surface area contributed by atoms with Gasteiger partial charge in [-0.25, -0.2) is 4.79 Å². The molecule has 1 aliphatic rings. The summed E-state index contributed by atoms with van der Waals surface area (Å²) >= 11 is 0. The van der Waals surface area contributed by atoms with E-state index in [4.69, 9.17) is 10.2 Å². The molecule has 0 saturated heterocycles. The van der Waals surface area contributed by atoms with Crippen LogP contribution in [0.1, 0.15) is 22.3 Å². The molecule has 2 rings (SSSR count). The molecule has 0 saturated carbocycles. The summed E-state index contributed by atoms with van der Waals surface area (Å²) in [5.74, 6) is -1.05. The summed E-state index contributed by atoms with van der Waals surface area (Å²) in [4.78, 5) is 24.1. The van der Waals surface area contributed by atoms with Gasteiger partial charge in [-0.1, -0.05) is 6.07 Å². The maximum Gasteiger partial charge on any atom is 0.335 e. The summed E-state index contributed by atoms with van der Waals surface area (Å²) in [6.45, 7) is 0.434. The van der Waals surface area contributed by atoms with Crippen LogP contribution in [0.4, 0.5) is 5.69 Å². The van der Waals surface area contributed by atoms with Gasteiger partial charge < -0.3 is 15.1 Å². The molecule has 2 N–H and O–H groups in total. The van der Waals surface area contributed by atoms with Crippen LogP contribution in [-0.4, -0.2) is 35.2 Å². The summed E-state index contributed by atoms with van der Waals surface area (Å²) in [6.07, 6.45) is 0.795. The molecule has 0 fully saturated rings. The Balaban J connectivity index is 2.32. The van der Waals surface area contributed by atoms with Gasteiger partial charge in [0.05, 0.1) is 12.0 Å². The zero-order chi connectivity index (χ0) is 12.4. The number of carbonyl (C=O) groups excluding carboxylic acids is 1. The van der Waals surface area contributed by atoms with Crippen molar-refractivity contribution in [2.24, 2.45) is 0 Å². The van der Waals surface area contributed by atoms with Crippen LogP contribution in [0.25, 0.3) is 0 Å². The number of aliphatic hydroxyl groups excluding tert-OH is 1. The van der Waals surface area contributed by atoms with Crippen molar-refractivity contribution in [1.29, 1.82) is 0 Å². The molecule has 5 heteroatoms. The van der Waals surface area contributed by atoms with Crippen LogP contribution in [0.2, 0.25) is 0 Å². The lowest BCUT2D eigenvalue weighted by Gasteiger charge is -2.16. The molecule has 1 aromatic rings. The van der Waals surface area contributed by atoms with Crippen LogP contribution in [0.15, 0.2) is 18.2 Å². The van der Waals surface area contributed by atoms with Crippen molar-refractivity contribution in [3.63, 3.8) is 0 Å². The van der Waals surface area contributed by atoms with Crippen LogP contribution in [-0.2, 0) is 11.2 Å². The normalized spacial score (nSPS) is 13.9. The topological polar surface area (TPSA) is 77.8 Å². The van der Waals surface area contributed by atoms with Gasteiger partial charge in [0.1, 0.15) is 0 Å². The molecule has 0 atom stereocenters. The largest absolute Gasteiger partial charge is 0.478 e. The summed E-state index contributed by atoms with van der Waals surface area (Å²) in [5.41, 5.74) is 1.67. The van der Waals surface area contributed by atoms with E-state index >= 15 is 0 Å². The number of hydrogen-bond donors (Lipinski definition) is 2. The average molecular weight is 235 g/mol. The minimum Gasteiger partial charge on any atom is -0.478 e. The van der Waals surface area contributed by atoms with Crippen molar-refractivity contribution in [3.8, 4) is 0 Å². The summed E-state index contributed by atoms with van der Waals surface area (Å²) in [5, 5.41) is 17.7. The van der Waals surface area contributed by atoms with Crippen LogP contribution >= 0.6 is 0 Å². The number of carboxylic acid groups (broad SMARTS) is 1. The van der Waals surface area contributed by atoms with E-state index in [1.807, 2.05) is 0 Å². The second-order valence-corrected chi connectivity index (χ2v) is 3.95. The van der Waals surface area contributed by atoms with Crippen LogP contribution < -0.4 is 4.90 Å². The number of fused-ring (bicyclic) bond motifs is 1. The number of anilines is 1. The first-order valence-corrected chi connectivity index (χ1v) is 5.41. The van der Waals surface area contributed by atoms with E-state index in [9.17, 15) is 9.59 Å². The highest BCUT2D eigenvalue weighted by atomic mass is 16.4. The Morgan fingerprint density at radius 2 is 2.18 bits per heavy atom. The molecule has 0 aliphatic carbocycles. The van der Waals surface area contributed by atoms with E-state index in [2.05, 4.69) is 0 Å². The van der Waals surface area contributed by atoms with Gasteiger partial charge in [-0.3, -0.25) is 4.79 Å². The van der Waals surface area contributed by atoms with E-state index in [-0.39, 0.29) is 18.1 Å². The van der Waals surface area contributed by atoms with Crippen LogP contribution in [0.3, 0.4) is 0 Å². The highest BCUT2D eigenvalue weighted by molar-refractivity contribution is 6.03. The monoisotopic (exact) mass is 235 g/mol. The second kappa shape index (κ2) is 4.55. The molecular weight excluding hydrogens is 222 g/mol. The standard InChI is InChI=1S/C12H13NO4/c14-5-1-4-13-10-6-9(12(16)17)3-2-8(10)7-11(13)15/h2-3,6,14H,1,4-5,7H2,(H,16,17). The molecule has 0 aromatic heterocycles. The van der Waals surface area contributed by atoms with Crippen LogP contribution in [0.5, 0.6) is 0 Å². The Labute approximate surface area is 98.3 Å². The first-order valence-electron chi connectivity index (χ1n) is 5.41. The van der Waals surface area contributed by atoms with Gasteiger partial charge in [0, 0.05) is 18.8 Å². The van der Waals surface area contributed by atoms with Gasteiger partial charge in [0.25, 0.3) is 0 Å². The number of benzene rings is 1. The van der Waals surface area contributed by atoms with Gasteiger partial charge in [-0.15, -0.1) is 0 Å². The molecule has 1 amide bonds. The number of carbonyl (C=O) groups is 2. The predicted octanol–water partition coefficient (Wildman–Crippen LogP) is 0.656. The fourth-order valence-corrected chi connectivity index (χ4v) is 1.96. The third kappa shape index (κ3) is 2.14. The average Bonchev–Trinajstić information content (AvgIpc) is 2.61. The van der Waals surface area contributed by atoms with Gasteiger partial charge in [-0.2, -0.15) is 0 Å². The molecule has 90 valence electrons. The minimum absolute atomic E-state index is 0.0116. The molecule has 0 unspecified atom stereocenters. The third-order valence-electron chi connectivity index (χ3n) is 2.81. The van der Waals surface area contributed by atoms with Gasteiger partial charge >= 0.3 is 5.97 Å². The molecule has 17 heavy (non-hydrogen) atoms. The molecule has 0 bridgehead atoms. The van der Waals surface area contributed by atoms with Crippen molar-refractivity contribution < 1.29 is 19.8 Å².